The van der Waals surface area contributed by atoms with Crippen molar-refractivity contribution >= 4 is 35.0 Å². The second kappa shape index (κ2) is 10.1. The lowest BCUT2D eigenvalue weighted by atomic mass is 10.1. The summed E-state index contributed by atoms with van der Waals surface area (Å²) in [7, 11) is 1.60. The van der Waals surface area contributed by atoms with Crippen molar-refractivity contribution in [2.24, 2.45) is 0 Å². The van der Waals surface area contributed by atoms with Crippen LogP contribution in [0.1, 0.15) is 5.56 Å². The number of carbonyl (C=O) groups excluding carboxylic acids is 2. The van der Waals surface area contributed by atoms with Crippen LogP contribution in [0.2, 0.25) is 0 Å². The molecule has 1 heterocycles. The van der Waals surface area contributed by atoms with Crippen LogP contribution in [0.4, 0.5) is 11.4 Å². The molecule has 7 heteroatoms. The molecule has 33 heavy (non-hydrogen) atoms. The van der Waals surface area contributed by atoms with E-state index in [9.17, 15) is 14.9 Å². The normalized spacial score (nSPS) is 16.8. The average Bonchev–Trinajstić information content (AvgIpc) is 3.16. The molecule has 0 unspecified atom stereocenters. The maximum atomic E-state index is 13.5. The molecule has 0 aliphatic carbocycles. The lowest BCUT2D eigenvalue weighted by Crippen LogP contribution is -2.30. The molecule has 3 aromatic rings. The molecule has 1 aliphatic heterocycles. The lowest BCUT2D eigenvalue weighted by molar-refractivity contribution is -0.117. The number of ether oxygens (including phenoxy) is 1. The summed E-state index contributed by atoms with van der Waals surface area (Å²) in [6, 6.07) is 27.5. The van der Waals surface area contributed by atoms with Crippen molar-refractivity contribution in [1.29, 1.82) is 5.26 Å². The summed E-state index contributed by atoms with van der Waals surface area (Å²) in [5.41, 5.74) is 2.05. The largest absolute Gasteiger partial charge is 0.497 e. The first kappa shape index (κ1) is 22.2. The van der Waals surface area contributed by atoms with Crippen molar-refractivity contribution < 1.29 is 14.3 Å². The van der Waals surface area contributed by atoms with Gasteiger partial charge in [-0.2, -0.15) is 5.26 Å². The van der Waals surface area contributed by atoms with E-state index in [1.807, 2.05) is 54.6 Å². The first-order chi connectivity index (χ1) is 16.1. The molecule has 0 spiro atoms. The van der Waals surface area contributed by atoms with E-state index in [1.165, 1.54) is 16.7 Å². The van der Waals surface area contributed by atoms with Crippen LogP contribution in [-0.4, -0.2) is 24.2 Å². The number of para-hydroxylation sites is 2. The van der Waals surface area contributed by atoms with Crippen molar-refractivity contribution in [3.8, 4) is 11.8 Å². The zero-order valence-electron chi connectivity index (χ0n) is 17.9. The van der Waals surface area contributed by atoms with E-state index in [0.717, 1.165) is 11.3 Å². The van der Waals surface area contributed by atoms with E-state index in [4.69, 9.17) is 4.74 Å². The number of amides is 2. The smallest absolute Gasteiger partial charge is 0.269 e. The first-order valence-electron chi connectivity index (χ1n) is 10.3. The highest BCUT2D eigenvalue weighted by Crippen LogP contribution is 2.42. The number of nitrogens with zero attached hydrogens (tertiary/aromatic N) is 2. The summed E-state index contributed by atoms with van der Waals surface area (Å²) < 4.78 is 5.21. The van der Waals surface area contributed by atoms with Gasteiger partial charge in [0.15, 0.2) is 0 Å². The van der Waals surface area contributed by atoms with E-state index in [2.05, 4.69) is 5.32 Å². The second-order valence-corrected chi connectivity index (χ2v) is 8.47. The van der Waals surface area contributed by atoms with Crippen LogP contribution in [0.25, 0.3) is 0 Å². The highest BCUT2D eigenvalue weighted by Gasteiger charge is 2.40. The van der Waals surface area contributed by atoms with E-state index in [1.54, 1.807) is 43.5 Å². The van der Waals surface area contributed by atoms with Crippen molar-refractivity contribution in [1.82, 2.24) is 0 Å². The van der Waals surface area contributed by atoms with E-state index in [-0.39, 0.29) is 11.5 Å². The Morgan fingerprint density at radius 2 is 1.67 bits per heavy atom. The van der Waals surface area contributed by atoms with Gasteiger partial charge < -0.3 is 10.1 Å². The summed E-state index contributed by atoms with van der Waals surface area (Å²) in [6.45, 7) is 0. The number of nitriles is 1. The van der Waals surface area contributed by atoms with Crippen molar-refractivity contribution in [3.05, 3.63) is 101 Å². The zero-order chi connectivity index (χ0) is 23.2. The summed E-state index contributed by atoms with van der Waals surface area (Å²) in [5, 5.41) is 12.5. The number of anilines is 2. The fourth-order valence-corrected chi connectivity index (χ4v) is 4.80. The minimum Gasteiger partial charge on any atom is -0.497 e. The topological polar surface area (TPSA) is 82.4 Å². The third-order valence-corrected chi connectivity index (χ3v) is 6.39. The van der Waals surface area contributed by atoms with Gasteiger partial charge in [0.05, 0.1) is 12.4 Å². The van der Waals surface area contributed by atoms with Gasteiger partial charge in [-0.05, 0) is 48.4 Å². The van der Waals surface area contributed by atoms with Gasteiger partial charge in [-0.25, -0.2) is 0 Å². The molecule has 6 nitrogen and oxygen atoms in total. The summed E-state index contributed by atoms with van der Waals surface area (Å²) >= 11 is 1.24. The number of nitrogens with one attached hydrogen (secondary N) is 1. The molecule has 1 saturated heterocycles. The summed E-state index contributed by atoms with van der Waals surface area (Å²) in [4.78, 5) is 27.9. The Hall–Kier alpha value is -4.02. The lowest BCUT2D eigenvalue weighted by Gasteiger charge is -2.18. The van der Waals surface area contributed by atoms with Crippen LogP contribution < -0.4 is 15.0 Å². The van der Waals surface area contributed by atoms with Gasteiger partial charge in [0.2, 0.25) is 5.91 Å². The molecule has 1 fully saturated rings. The molecule has 0 bridgehead atoms. The van der Waals surface area contributed by atoms with Crippen molar-refractivity contribution in [2.45, 2.75) is 11.7 Å². The fraction of sp³-hybridized carbons (Fsp3) is 0.115. The SMILES string of the molecule is COc1ccc(C[C@@H]2S/C(=C(/C#N)C(=O)Nc3ccccc3)N(c3ccccc3)C2=O)cc1. The predicted octanol–water partition coefficient (Wildman–Crippen LogP) is 4.76. The summed E-state index contributed by atoms with van der Waals surface area (Å²) in [6.07, 6.45) is 0.458. The highest BCUT2D eigenvalue weighted by molar-refractivity contribution is 8.05. The summed E-state index contributed by atoms with van der Waals surface area (Å²) in [5.74, 6) is 0.0160. The Balaban J connectivity index is 1.69. The molecular formula is C26H21N3O3S. The number of benzene rings is 3. The third-order valence-electron chi connectivity index (χ3n) is 5.13. The molecule has 2 amide bonds. The van der Waals surface area contributed by atoms with Gasteiger partial charge in [-0.1, -0.05) is 60.3 Å². The Bertz CT molecular complexity index is 1220. The quantitative estimate of drug-likeness (QED) is 0.428. The van der Waals surface area contributed by atoms with E-state index < -0.39 is 11.2 Å². The Morgan fingerprint density at radius 1 is 1.03 bits per heavy atom. The Kier molecular flexibility index (Phi) is 6.77. The molecular weight excluding hydrogens is 434 g/mol. The minimum absolute atomic E-state index is 0.0988. The average molecular weight is 456 g/mol. The van der Waals surface area contributed by atoms with Crippen molar-refractivity contribution in [3.63, 3.8) is 0 Å². The second-order valence-electron chi connectivity index (χ2n) is 7.28. The predicted molar refractivity (Wildman–Crippen MR) is 130 cm³/mol. The molecule has 1 N–H and O–H groups in total. The number of thioether (sulfide) groups is 1. The molecule has 3 aromatic carbocycles. The van der Waals surface area contributed by atoms with Crippen molar-refractivity contribution in [2.75, 3.05) is 17.3 Å². The van der Waals surface area contributed by atoms with Gasteiger partial charge in [-0.3, -0.25) is 14.5 Å². The molecule has 1 atom stereocenters. The molecule has 4 rings (SSSR count). The van der Waals surface area contributed by atoms with E-state index in [0.29, 0.717) is 22.8 Å². The van der Waals surface area contributed by atoms with Crippen LogP contribution in [0, 0.1) is 11.3 Å². The molecule has 164 valence electrons. The Labute approximate surface area is 196 Å². The Morgan fingerprint density at radius 3 is 2.27 bits per heavy atom. The van der Waals surface area contributed by atoms with Crippen LogP contribution in [0.3, 0.4) is 0 Å². The van der Waals surface area contributed by atoms with Gasteiger partial charge in [-0.15, -0.1) is 0 Å². The first-order valence-corrected chi connectivity index (χ1v) is 11.2. The van der Waals surface area contributed by atoms with Gasteiger partial charge in [0, 0.05) is 11.4 Å². The molecule has 0 saturated carbocycles. The minimum atomic E-state index is -0.551. The fourth-order valence-electron chi connectivity index (χ4n) is 3.49. The number of hydrogen-bond donors (Lipinski definition) is 1. The number of rotatable bonds is 6. The third kappa shape index (κ3) is 4.92. The zero-order valence-corrected chi connectivity index (χ0v) is 18.7. The maximum absolute atomic E-state index is 13.5. The maximum Gasteiger partial charge on any atom is 0.269 e. The highest BCUT2D eigenvalue weighted by atomic mass is 32.2. The standard InChI is InChI=1S/C26H21N3O3S/c1-32-21-14-12-18(13-15-21)16-23-25(31)29(20-10-6-3-7-11-20)26(33-23)22(17-27)24(30)28-19-8-4-2-5-9-19/h2-15,23H,16H2,1H3,(H,28,30)/b26-22-/t23-/m0/s1. The number of carbonyl (C=O) groups is 2. The van der Waals surface area contributed by atoms with Crippen LogP contribution in [-0.2, 0) is 16.0 Å². The van der Waals surface area contributed by atoms with Gasteiger partial charge in [0.25, 0.3) is 5.91 Å². The van der Waals surface area contributed by atoms with Gasteiger partial charge >= 0.3 is 0 Å². The monoisotopic (exact) mass is 455 g/mol. The van der Waals surface area contributed by atoms with Gasteiger partial charge in [0.1, 0.15) is 22.4 Å². The molecule has 0 radical (unpaired) electrons. The van der Waals surface area contributed by atoms with Crippen LogP contribution in [0.15, 0.2) is 95.5 Å². The van der Waals surface area contributed by atoms with Crippen LogP contribution in [0.5, 0.6) is 5.75 Å². The van der Waals surface area contributed by atoms with Crippen LogP contribution >= 0.6 is 11.8 Å². The number of hydrogen-bond acceptors (Lipinski definition) is 5. The number of methoxy groups -OCH3 is 1. The molecule has 1 aliphatic rings. The van der Waals surface area contributed by atoms with E-state index >= 15 is 0 Å². The molecule has 0 aromatic heterocycles.